The smallest absolute Gasteiger partial charge is 0.171 e. The zero-order valence-electron chi connectivity index (χ0n) is 12.4. The number of nitrogens with zero attached hydrogens (tertiary/aromatic N) is 1. The zero-order chi connectivity index (χ0) is 13.9. The molecule has 1 aromatic carbocycles. The third-order valence-corrected chi connectivity index (χ3v) is 4.56. The van der Waals surface area contributed by atoms with Crippen LogP contribution in [0.25, 0.3) is 0 Å². The van der Waals surface area contributed by atoms with Crippen molar-refractivity contribution < 1.29 is 28.5 Å². The molecule has 2 aromatic rings. The van der Waals surface area contributed by atoms with Crippen molar-refractivity contribution in [3.05, 3.63) is 64.4 Å². The van der Waals surface area contributed by atoms with Gasteiger partial charge in [0, 0.05) is 16.7 Å². The van der Waals surface area contributed by atoms with Gasteiger partial charge in [-0.2, -0.15) is 0 Å². The predicted molar refractivity (Wildman–Crippen MR) is 83.1 cm³/mol. The van der Waals surface area contributed by atoms with Gasteiger partial charge in [0.2, 0.25) is 0 Å². The molecule has 0 amide bonds. The van der Waals surface area contributed by atoms with Crippen LogP contribution < -0.4 is 28.5 Å². The number of aryl methyl sites for hydroxylation is 3. The number of halogens is 2. The minimum atomic E-state index is 0. The first-order valence-corrected chi connectivity index (χ1v) is 7.82. The highest BCUT2D eigenvalue weighted by molar-refractivity contribution is 6.30. The maximum absolute atomic E-state index is 6.06. The van der Waals surface area contributed by atoms with E-state index >= 15 is 0 Å². The highest BCUT2D eigenvalue weighted by Gasteiger charge is 2.21. The van der Waals surface area contributed by atoms with Crippen molar-refractivity contribution in [2.45, 2.75) is 38.0 Å². The van der Waals surface area contributed by atoms with Gasteiger partial charge in [-0.15, -0.1) is 0 Å². The molecule has 0 radical (unpaired) electrons. The minimum absolute atomic E-state index is 0. The fraction of sp³-hybridized carbons (Fsp3) is 0.389. The van der Waals surface area contributed by atoms with E-state index < -0.39 is 0 Å². The lowest BCUT2D eigenvalue weighted by atomic mass is 9.81. The number of benzene rings is 1. The van der Waals surface area contributed by atoms with Crippen LogP contribution in [0.2, 0.25) is 5.02 Å². The first-order chi connectivity index (χ1) is 9.72. The van der Waals surface area contributed by atoms with Gasteiger partial charge in [-0.1, -0.05) is 23.7 Å². The van der Waals surface area contributed by atoms with Gasteiger partial charge in [0.25, 0.3) is 0 Å². The van der Waals surface area contributed by atoms with Gasteiger partial charge >= 0.3 is 0 Å². The molecule has 0 aliphatic heterocycles. The molecular weight excluding hydrogens is 393 g/mol. The van der Waals surface area contributed by atoms with Crippen molar-refractivity contribution in [2.75, 3.05) is 0 Å². The Kier molecular flexibility index (Phi) is 6.06. The minimum Gasteiger partial charge on any atom is -1.00 e. The number of pyridine rings is 1. The Bertz CT molecular complexity index is 612. The van der Waals surface area contributed by atoms with Crippen LogP contribution in [0.1, 0.15) is 41.9 Å². The third kappa shape index (κ3) is 4.19. The van der Waals surface area contributed by atoms with Gasteiger partial charge in [0.1, 0.15) is 7.05 Å². The van der Waals surface area contributed by atoms with Crippen LogP contribution in [-0.4, -0.2) is 0 Å². The number of hydrogen-bond acceptors (Lipinski definition) is 0. The number of aromatic nitrogens is 1. The molecule has 1 nitrogen and oxygen atoms in total. The summed E-state index contributed by atoms with van der Waals surface area (Å²) < 4.78 is 2.16. The van der Waals surface area contributed by atoms with Crippen molar-refractivity contribution in [2.24, 2.45) is 7.05 Å². The summed E-state index contributed by atoms with van der Waals surface area (Å²) in [7, 11) is 2.11. The van der Waals surface area contributed by atoms with E-state index in [2.05, 4.69) is 42.2 Å². The van der Waals surface area contributed by atoms with E-state index in [0.717, 1.165) is 11.4 Å². The Morgan fingerprint density at radius 1 is 1.29 bits per heavy atom. The Morgan fingerprint density at radius 3 is 2.95 bits per heavy atom. The van der Waals surface area contributed by atoms with Crippen LogP contribution >= 0.6 is 11.6 Å². The molecule has 1 aliphatic carbocycles. The normalized spacial score (nSPS) is 17.0. The molecule has 0 bridgehead atoms. The van der Waals surface area contributed by atoms with Crippen molar-refractivity contribution >= 4 is 11.6 Å². The zero-order valence-corrected chi connectivity index (χ0v) is 15.3. The summed E-state index contributed by atoms with van der Waals surface area (Å²) in [5.41, 5.74) is 4.46. The molecule has 1 aliphatic rings. The van der Waals surface area contributed by atoms with Gasteiger partial charge in [-0.25, -0.2) is 4.57 Å². The molecule has 1 atom stereocenters. The topological polar surface area (TPSA) is 3.88 Å². The van der Waals surface area contributed by atoms with Crippen LogP contribution in [0.15, 0.2) is 42.7 Å². The Labute approximate surface area is 149 Å². The standard InChI is InChI=1S/C18H21ClN.HI/c1-20-11-10-18-15(5-3-6-16(18)13-20)9-8-14-4-2-7-17(19)12-14;/h2,4,7,10-13,15H,3,5-6,8-9H2,1H3;1H/q+1;/p-1. The highest BCUT2D eigenvalue weighted by Crippen LogP contribution is 2.34. The number of rotatable bonds is 3. The molecule has 0 N–H and O–H groups in total. The molecular formula is C18H21ClIN. The van der Waals surface area contributed by atoms with Gasteiger partial charge in [-0.05, 0) is 61.3 Å². The van der Waals surface area contributed by atoms with Crippen LogP contribution in [0.4, 0.5) is 0 Å². The summed E-state index contributed by atoms with van der Waals surface area (Å²) >= 11 is 6.06. The Morgan fingerprint density at radius 2 is 2.14 bits per heavy atom. The molecule has 1 heterocycles. The molecule has 21 heavy (non-hydrogen) atoms. The van der Waals surface area contributed by atoms with E-state index in [0.29, 0.717) is 5.92 Å². The van der Waals surface area contributed by atoms with Gasteiger partial charge < -0.3 is 24.0 Å². The average Bonchev–Trinajstić information content (AvgIpc) is 2.44. The van der Waals surface area contributed by atoms with Crippen molar-refractivity contribution in [3.8, 4) is 0 Å². The summed E-state index contributed by atoms with van der Waals surface area (Å²) in [4.78, 5) is 0. The summed E-state index contributed by atoms with van der Waals surface area (Å²) in [5.74, 6) is 0.707. The second-order valence-corrected chi connectivity index (χ2v) is 6.29. The maximum Gasteiger partial charge on any atom is 0.171 e. The van der Waals surface area contributed by atoms with Gasteiger partial charge in [-0.3, -0.25) is 0 Å². The van der Waals surface area contributed by atoms with Crippen molar-refractivity contribution in [1.29, 1.82) is 0 Å². The fourth-order valence-electron chi connectivity index (χ4n) is 3.30. The second-order valence-electron chi connectivity index (χ2n) is 5.85. The highest BCUT2D eigenvalue weighted by atomic mass is 127. The SMILES string of the molecule is C[n+]1ccc2c(c1)CCCC2CCc1cccc(Cl)c1.[I-]. The van der Waals surface area contributed by atoms with E-state index in [-0.39, 0.29) is 24.0 Å². The molecule has 3 heteroatoms. The van der Waals surface area contributed by atoms with Crippen LogP contribution in [0.5, 0.6) is 0 Å². The molecule has 3 rings (SSSR count). The van der Waals surface area contributed by atoms with E-state index in [1.165, 1.54) is 36.8 Å². The molecule has 0 saturated carbocycles. The molecule has 112 valence electrons. The predicted octanol–water partition coefficient (Wildman–Crippen LogP) is 1.22. The van der Waals surface area contributed by atoms with E-state index in [1.807, 2.05) is 12.1 Å². The van der Waals surface area contributed by atoms with E-state index in [1.54, 1.807) is 5.56 Å². The van der Waals surface area contributed by atoms with Crippen molar-refractivity contribution in [3.63, 3.8) is 0 Å². The van der Waals surface area contributed by atoms with Gasteiger partial charge in [0.05, 0.1) is 0 Å². The summed E-state index contributed by atoms with van der Waals surface area (Å²) in [6.45, 7) is 0. The third-order valence-electron chi connectivity index (χ3n) is 4.33. The maximum atomic E-state index is 6.06. The second kappa shape index (κ2) is 7.59. The molecule has 1 unspecified atom stereocenters. The lowest BCUT2D eigenvalue weighted by molar-refractivity contribution is -0.672. The lowest BCUT2D eigenvalue weighted by Crippen LogP contribution is -3.00. The largest absolute Gasteiger partial charge is 1.00 e. The summed E-state index contributed by atoms with van der Waals surface area (Å²) in [5, 5.41) is 0.846. The van der Waals surface area contributed by atoms with Crippen LogP contribution in [0.3, 0.4) is 0 Å². The lowest BCUT2D eigenvalue weighted by Gasteiger charge is -2.24. The molecule has 0 fully saturated rings. The average molecular weight is 414 g/mol. The molecule has 0 saturated heterocycles. The first kappa shape index (κ1) is 16.8. The van der Waals surface area contributed by atoms with E-state index in [4.69, 9.17) is 11.6 Å². The van der Waals surface area contributed by atoms with Crippen LogP contribution in [-0.2, 0) is 19.9 Å². The number of fused-ring (bicyclic) bond motifs is 1. The Hall–Kier alpha value is -0.610. The van der Waals surface area contributed by atoms with E-state index in [9.17, 15) is 0 Å². The molecule has 1 aromatic heterocycles. The van der Waals surface area contributed by atoms with Crippen LogP contribution in [0, 0.1) is 0 Å². The van der Waals surface area contributed by atoms with Crippen molar-refractivity contribution in [1.82, 2.24) is 0 Å². The first-order valence-electron chi connectivity index (χ1n) is 7.45. The van der Waals surface area contributed by atoms with Gasteiger partial charge in [0.15, 0.2) is 12.4 Å². The monoisotopic (exact) mass is 413 g/mol. The number of hydrogen-bond donors (Lipinski definition) is 0. The summed E-state index contributed by atoms with van der Waals surface area (Å²) in [6, 6.07) is 10.6. The fourth-order valence-corrected chi connectivity index (χ4v) is 3.52. The summed E-state index contributed by atoms with van der Waals surface area (Å²) in [6.07, 6.45) is 10.7. The Balaban J connectivity index is 0.00000161. The molecule has 0 spiro atoms. The quantitative estimate of drug-likeness (QED) is 0.526.